The summed E-state index contributed by atoms with van der Waals surface area (Å²) < 4.78 is 29.6. The average Bonchev–Trinajstić information content (AvgIpc) is 2.16. The molecular weight excluding hydrogens is 252 g/mol. The largest absolute Gasteiger partial charge is 0.469 e. The number of rotatable bonds is 7. The maximum atomic E-state index is 11.4. The SMILES string of the molecule is COC(=O)CCCS(=O)(=O)NC(C)C(N)=S. The van der Waals surface area contributed by atoms with Gasteiger partial charge in [-0.2, -0.15) is 0 Å². The average molecular weight is 268 g/mol. The van der Waals surface area contributed by atoms with Gasteiger partial charge >= 0.3 is 5.97 Å². The summed E-state index contributed by atoms with van der Waals surface area (Å²) in [6, 6.07) is -0.585. The lowest BCUT2D eigenvalue weighted by molar-refractivity contribution is -0.140. The van der Waals surface area contributed by atoms with Crippen molar-refractivity contribution in [3.63, 3.8) is 0 Å². The third kappa shape index (κ3) is 6.70. The molecule has 94 valence electrons. The van der Waals surface area contributed by atoms with Gasteiger partial charge in [0.05, 0.1) is 23.9 Å². The minimum Gasteiger partial charge on any atom is -0.469 e. The Morgan fingerprint density at radius 1 is 1.56 bits per heavy atom. The highest BCUT2D eigenvalue weighted by Gasteiger charge is 2.16. The Morgan fingerprint density at radius 3 is 2.56 bits per heavy atom. The van der Waals surface area contributed by atoms with Crippen molar-refractivity contribution in [2.24, 2.45) is 5.73 Å². The van der Waals surface area contributed by atoms with Crippen LogP contribution in [-0.2, 0) is 19.6 Å². The first-order chi connectivity index (χ1) is 7.28. The van der Waals surface area contributed by atoms with Crippen LogP contribution < -0.4 is 10.5 Å². The lowest BCUT2D eigenvalue weighted by Crippen LogP contribution is -2.42. The van der Waals surface area contributed by atoms with Gasteiger partial charge in [-0.25, -0.2) is 13.1 Å². The third-order valence-corrected chi connectivity index (χ3v) is 3.70. The lowest BCUT2D eigenvalue weighted by Gasteiger charge is -2.12. The van der Waals surface area contributed by atoms with E-state index in [2.05, 4.69) is 21.7 Å². The quantitative estimate of drug-likeness (QED) is 0.478. The molecule has 0 aromatic rings. The summed E-state index contributed by atoms with van der Waals surface area (Å²) in [7, 11) is -2.20. The van der Waals surface area contributed by atoms with Crippen molar-refractivity contribution in [3.05, 3.63) is 0 Å². The van der Waals surface area contributed by atoms with Crippen LogP contribution in [0.5, 0.6) is 0 Å². The molecule has 0 aliphatic rings. The monoisotopic (exact) mass is 268 g/mol. The number of esters is 1. The van der Waals surface area contributed by atoms with Gasteiger partial charge in [0.15, 0.2) is 0 Å². The zero-order chi connectivity index (χ0) is 12.8. The van der Waals surface area contributed by atoms with Crippen molar-refractivity contribution >= 4 is 33.2 Å². The van der Waals surface area contributed by atoms with Crippen LogP contribution in [0, 0.1) is 0 Å². The summed E-state index contributed by atoms with van der Waals surface area (Å²) in [5.74, 6) is -0.590. The Kier molecular flexibility index (Phi) is 6.46. The second-order valence-electron chi connectivity index (χ2n) is 3.24. The van der Waals surface area contributed by atoms with Crippen LogP contribution in [0.15, 0.2) is 0 Å². The number of ether oxygens (including phenoxy) is 1. The fourth-order valence-corrected chi connectivity index (χ4v) is 2.34. The smallest absolute Gasteiger partial charge is 0.305 e. The fraction of sp³-hybridized carbons (Fsp3) is 0.750. The van der Waals surface area contributed by atoms with Crippen LogP contribution >= 0.6 is 12.2 Å². The van der Waals surface area contributed by atoms with Crippen molar-refractivity contribution in [3.8, 4) is 0 Å². The summed E-state index contributed by atoms with van der Waals surface area (Å²) in [4.78, 5) is 10.8. The maximum Gasteiger partial charge on any atom is 0.305 e. The van der Waals surface area contributed by atoms with Crippen molar-refractivity contribution in [2.45, 2.75) is 25.8 Å². The van der Waals surface area contributed by atoms with Gasteiger partial charge in [0.25, 0.3) is 0 Å². The zero-order valence-electron chi connectivity index (χ0n) is 9.23. The second kappa shape index (κ2) is 6.77. The van der Waals surface area contributed by atoms with E-state index in [9.17, 15) is 13.2 Å². The van der Waals surface area contributed by atoms with Gasteiger partial charge in [-0.3, -0.25) is 4.79 Å². The molecule has 1 unspecified atom stereocenters. The van der Waals surface area contributed by atoms with Crippen LogP contribution in [0.1, 0.15) is 19.8 Å². The predicted octanol–water partition coefficient (Wildman–Crippen LogP) is -0.466. The van der Waals surface area contributed by atoms with Gasteiger partial charge < -0.3 is 10.5 Å². The molecule has 0 saturated carbocycles. The van der Waals surface area contributed by atoms with Crippen LogP contribution in [-0.4, -0.2) is 38.3 Å². The highest BCUT2D eigenvalue weighted by atomic mass is 32.2. The van der Waals surface area contributed by atoms with Crippen LogP contribution in [0.4, 0.5) is 0 Å². The molecule has 0 fully saturated rings. The molecular formula is C8H16N2O4S2. The number of nitrogens with one attached hydrogen (secondary N) is 1. The fourth-order valence-electron chi connectivity index (χ4n) is 0.895. The second-order valence-corrected chi connectivity index (χ2v) is 5.59. The molecule has 0 bridgehead atoms. The lowest BCUT2D eigenvalue weighted by atomic mass is 10.3. The van der Waals surface area contributed by atoms with E-state index in [0.29, 0.717) is 0 Å². The van der Waals surface area contributed by atoms with E-state index in [1.54, 1.807) is 6.92 Å². The molecule has 0 rings (SSSR count). The summed E-state index contributed by atoms with van der Waals surface area (Å²) in [5.41, 5.74) is 5.27. The molecule has 8 heteroatoms. The minimum atomic E-state index is -3.46. The van der Waals surface area contributed by atoms with Gasteiger partial charge in [0, 0.05) is 6.42 Å². The molecule has 1 atom stereocenters. The number of hydrogen-bond donors (Lipinski definition) is 2. The molecule has 3 N–H and O–H groups in total. The molecule has 0 radical (unpaired) electrons. The summed E-state index contributed by atoms with van der Waals surface area (Å²) >= 11 is 4.64. The molecule has 16 heavy (non-hydrogen) atoms. The number of thiocarbonyl (C=S) groups is 1. The Hall–Kier alpha value is -0.730. The Bertz CT molecular complexity index is 353. The van der Waals surface area contributed by atoms with E-state index >= 15 is 0 Å². The number of carbonyl (C=O) groups excluding carboxylic acids is 1. The van der Waals surface area contributed by atoms with E-state index in [4.69, 9.17) is 5.73 Å². The van der Waals surface area contributed by atoms with E-state index in [1.165, 1.54) is 7.11 Å². The van der Waals surface area contributed by atoms with Crippen LogP contribution in [0.3, 0.4) is 0 Å². The topological polar surface area (TPSA) is 98.5 Å². The standard InChI is InChI=1S/C8H16N2O4S2/c1-6(8(9)15)10-16(12,13)5-3-4-7(11)14-2/h6,10H,3-5H2,1-2H3,(H2,9,15). The van der Waals surface area contributed by atoms with Crippen molar-refractivity contribution in [1.82, 2.24) is 4.72 Å². The molecule has 0 amide bonds. The van der Waals surface area contributed by atoms with Gasteiger partial charge in [-0.1, -0.05) is 12.2 Å². The van der Waals surface area contributed by atoms with Crippen molar-refractivity contribution in [2.75, 3.05) is 12.9 Å². The minimum absolute atomic E-state index is 0.0683. The first kappa shape index (κ1) is 15.3. The summed E-state index contributed by atoms with van der Waals surface area (Å²) in [6.45, 7) is 1.56. The Labute approximate surface area is 101 Å². The van der Waals surface area contributed by atoms with Gasteiger partial charge in [-0.05, 0) is 13.3 Å². The van der Waals surface area contributed by atoms with Crippen molar-refractivity contribution < 1.29 is 17.9 Å². The molecule has 0 heterocycles. The number of sulfonamides is 1. The van der Waals surface area contributed by atoms with Gasteiger partial charge in [-0.15, -0.1) is 0 Å². The molecule has 0 aliphatic carbocycles. The first-order valence-corrected chi connectivity index (χ1v) is 6.70. The highest BCUT2D eigenvalue weighted by molar-refractivity contribution is 7.89. The number of hydrogen-bond acceptors (Lipinski definition) is 5. The molecule has 0 spiro atoms. The van der Waals surface area contributed by atoms with Crippen LogP contribution in [0.25, 0.3) is 0 Å². The molecule has 6 nitrogen and oxygen atoms in total. The number of carbonyl (C=O) groups is 1. The highest BCUT2D eigenvalue weighted by Crippen LogP contribution is 1.98. The molecule has 0 aromatic heterocycles. The summed E-state index contributed by atoms with van der Waals surface area (Å²) in [5, 5.41) is 0. The van der Waals surface area contributed by atoms with Gasteiger partial charge in [0.1, 0.15) is 0 Å². The predicted molar refractivity (Wildman–Crippen MR) is 64.4 cm³/mol. The molecule has 0 saturated heterocycles. The van der Waals surface area contributed by atoms with Crippen molar-refractivity contribution in [1.29, 1.82) is 0 Å². The molecule has 0 aromatic carbocycles. The van der Waals surface area contributed by atoms with Gasteiger partial charge in [0.2, 0.25) is 10.0 Å². The van der Waals surface area contributed by atoms with E-state index in [1.807, 2.05) is 0 Å². The van der Waals surface area contributed by atoms with E-state index in [-0.39, 0.29) is 23.6 Å². The van der Waals surface area contributed by atoms with E-state index in [0.717, 1.165) is 0 Å². The molecule has 0 aliphatic heterocycles. The first-order valence-electron chi connectivity index (χ1n) is 4.64. The third-order valence-electron chi connectivity index (χ3n) is 1.80. The Balaban J connectivity index is 4.07. The maximum absolute atomic E-state index is 11.4. The number of methoxy groups -OCH3 is 1. The number of nitrogens with two attached hydrogens (primary N) is 1. The zero-order valence-corrected chi connectivity index (χ0v) is 10.9. The normalized spacial score (nSPS) is 13.1. The van der Waals surface area contributed by atoms with E-state index < -0.39 is 22.0 Å². The van der Waals surface area contributed by atoms with Crippen LogP contribution in [0.2, 0.25) is 0 Å². The Morgan fingerprint density at radius 2 is 2.12 bits per heavy atom. The summed E-state index contributed by atoms with van der Waals surface area (Å²) in [6.07, 6.45) is 0.269.